The summed E-state index contributed by atoms with van der Waals surface area (Å²) in [5, 5.41) is 0. The Morgan fingerprint density at radius 2 is 1.80 bits per heavy atom. The first kappa shape index (κ1) is 10.6. The van der Waals surface area contributed by atoms with Crippen LogP contribution in [0.1, 0.15) is 25.0 Å². The first-order valence-electron chi connectivity index (χ1n) is 5.07. The van der Waals surface area contributed by atoms with Gasteiger partial charge in [0.15, 0.2) is 0 Å². The van der Waals surface area contributed by atoms with Gasteiger partial charge in [-0.15, -0.1) is 0 Å². The van der Waals surface area contributed by atoms with E-state index in [0.717, 1.165) is 11.1 Å². The molecule has 0 fully saturated rings. The van der Waals surface area contributed by atoms with Crippen LogP contribution in [0.5, 0.6) is 0 Å². The molecule has 0 aliphatic carbocycles. The second-order valence-corrected chi connectivity index (χ2v) is 6.09. The Kier molecular flexibility index (Phi) is 2.56. The predicted molar refractivity (Wildman–Crippen MR) is 59.7 cm³/mol. The number of hydrogen-bond donors (Lipinski definition) is 0. The van der Waals surface area contributed by atoms with Gasteiger partial charge in [0.2, 0.25) is 10.0 Å². The number of sulfonamides is 1. The molecule has 0 bridgehead atoms. The van der Waals surface area contributed by atoms with E-state index >= 15 is 0 Å². The summed E-state index contributed by atoms with van der Waals surface area (Å²) < 4.78 is 25.4. The average Bonchev–Trinajstić information content (AvgIpc) is 2.14. The third kappa shape index (κ3) is 1.92. The van der Waals surface area contributed by atoms with E-state index in [1.165, 1.54) is 0 Å². The molecule has 0 saturated heterocycles. The third-order valence-corrected chi connectivity index (χ3v) is 4.66. The molecule has 1 aliphatic heterocycles. The molecule has 3 nitrogen and oxygen atoms in total. The minimum atomic E-state index is -3.10. The Morgan fingerprint density at radius 1 is 1.20 bits per heavy atom. The lowest BCUT2D eigenvalue weighted by Gasteiger charge is -2.31. The Hall–Kier alpha value is -0.870. The zero-order valence-electron chi connectivity index (χ0n) is 8.97. The highest BCUT2D eigenvalue weighted by Gasteiger charge is 2.30. The Labute approximate surface area is 90.8 Å². The number of benzene rings is 1. The molecule has 1 aliphatic rings. The summed E-state index contributed by atoms with van der Waals surface area (Å²) >= 11 is 0. The molecule has 0 aromatic heterocycles. The van der Waals surface area contributed by atoms with E-state index in [9.17, 15) is 8.42 Å². The quantitative estimate of drug-likeness (QED) is 0.730. The van der Waals surface area contributed by atoms with Crippen molar-refractivity contribution in [2.24, 2.45) is 0 Å². The molecular weight excluding hydrogens is 210 g/mol. The van der Waals surface area contributed by atoms with Crippen molar-refractivity contribution >= 4 is 10.0 Å². The number of rotatable bonds is 1. The van der Waals surface area contributed by atoms with Crippen LogP contribution >= 0.6 is 0 Å². The molecule has 0 spiro atoms. The molecule has 1 heterocycles. The highest BCUT2D eigenvalue weighted by molar-refractivity contribution is 7.88. The fourth-order valence-electron chi connectivity index (χ4n) is 1.90. The van der Waals surface area contributed by atoms with Gasteiger partial charge >= 0.3 is 0 Å². The van der Waals surface area contributed by atoms with E-state index in [2.05, 4.69) is 0 Å². The van der Waals surface area contributed by atoms with Crippen molar-refractivity contribution in [3.8, 4) is 0 Å². The van der Waals surface area contributed by atoms with Gasteiger partial charge < -0.3 is 0 Å². The van der Waals surface area contributed by atoms with Crippen LogP contribution in [0.3, 0.4) is 0 Å². The summed E-state index contributed by atoms with van der Waals surface area (Å²) in [5.41, 5.74) is 2.07. The summed E-state index contributed by atoms with van der Waals surface area (Å²) in [6.45, 7) is 4.33. The van der Waals surface area contributed by atoms with E-state index in [1.54, 1.807) is 4.31 Å². The van der Waals surface area contributed by atoms with Crippen LogP contribution in [0, 0.1) is 0 Å². The summed E-state index contributed by atoms with van der Waals surface area (Å²) in [6.07, 6.45) is 0. The first-order valence-corrected chi connectivity index (χ1v) is 6.68. The molecule has 2 rings (SSSR count). The molecule has 15 heavy (non-hydrogen) atoms. The number of nitrogens with zero attached hydrogens (tertiary/aromatic N) is 1. The molecule has 0 unspecified atom stereocenters. The molecule has 4 heteroatoms. The zero-order valence-corrected chi connectivity index (χ0v) is 9.79. The maximum absolute atomic E-state index is 11.9. The molecule has 0 radical (unpaired) electrons. The maximum atomic E-state index is 11.9. The van der Waals surface area contributed by atoms with Gasteiger partial charge in [0.1, 0.15) is 0 Å². The number of fused-ring (bicyclic) bond motifs is 1. The van der Waals surface area contributed by atoms with Crippen LogP contribution < -0.4 is 0 Å². The van der Waals surface area contributed by atoms with E-state index in [4.69, 9.17) is 0 Å². The lowest BCUT2D eigenvalue weighted by atomic mass is 10.1. The van der Waals surface area contributed by atoms with Crippen molar-refractivity contribution < 1.29 is 8.42 Å². The summed E-state index contributed by atoms with van der Waals surface area (Å²) in [7, 11) is -3.10. The highest BCUT2D eigenvalue weighted by Crippen LogP contribution is 2.25. The normalized spacial score (nSPS) is 20.2. The Balaban J connectivity index is 2.45. The Morgan fingerprint density at radius 3 is 2.40 bits per heavy atom. The van der Waals surface area contributed by atoms with Gasteiger partial charge in [0.05, 0.1) is 5.75 Å². The average molecular weight is 225 g/mol. The molecule has 0 amide bonds. The van der Waals surface area contributed by atoms with Crippen molar-refractivity contribution in [2.75, 3.05) is 0 Å². The largest absolute Gasteiger partial charge is 0.218 e. The summed E-state index contributed by atoms with van der Waals surface area (Å²) in [5.74, 6) is 0.140. The molecular formula is C11H15NO2S. The molecule has 1 aromatic rings. The fraction of sp³-hybridized carbons (Fsp3) is 0.455. The van der Waals surface area contributed by atoms with Crippen LogP contribution in [-0.4, -0.2) is 18.8 Å². The minimum absolute atomic E-state index is 0.0309. The van der Waals surface area contributed by atoms with Gasteiger partial charge in [-0.1, -0.05) is 24.3 Å². The van der Waals surface area contributed by atoms with Gasteiger partial charge in [-0.25, -0.2) is 8.42 Å². The lowest BCUT2D eigenvalue weighted by Crippen LogP contribution is -2.40. The van der Waals surface area contributed by atoms with Gasteiger partial charge in [0, 0.05) is 12.6 Å². The monoisotopic (exact) mass is 225 g/mol. The van der Waals surface area contributed by atoms with Crippen molar-refractivity contribution in [3.63, 3.8) is 0 Å². The lowest BCUT2D eigenvalue weighted by molar-refractivity contribution is 0.340. The van der Waals surface area contributed by atoms with Gasteiger partial charge in [-0.3, -0.25) is 0 Å². The number of hydrogen-bond acceptors (Lipinski definition) is 2. The standard InChI is InChI=1S/C11H15NO2S/c1-9(2)12-7-10-5-3-4-6-11(10)8-15(12,13)14/h3-6,9H,7-8H2,1-2H3. The van der Waals surface area contributed by atoms with E-state index < -0.39 is 10.0 Å². The maximum Gasteiger partial charge on any atom is 0.218 e. The first-order chi connectivity index (χ1) is 7.00. The zero-order chi connectivity index (χ0) is 11.1. The second kappa shape index (κ2) is 3.61. The second-order valence-electron chi connectivity index (χ2n) is 4.16. The van der Waals surface area contributed by atoms with Crippen LogP contribution in [0.15, 0.2) is 24.3 Å². The molecule has 82 valence electrons. The highest BCUT2D eigenvalue weighted by atomic mass is 32.2. The van der Waals surface area contributed by atoms with E-state index in [0.29, 0.717) is 6.54 Å². The molecule has 0 saturated carbocycles. The molecule has 1 aromatic carbocycles. The Bertz CT molecular complexity index is 465. The van der Waals surface area contributed by atoms with E-state index in [-0.39, 0.29) is 11.8 Å². The predicted octanol–water partition coefficient (Wildman–Crippen LogP) is 1.74. The minimum Gasteiger partial charge on any atom is -0.212 e. The molecule has 0 atom stereocenters. The van der Waals surface area contributed by atoms with Crippen LogP contribution in [0.25, 0.3) is 0 Å². The van der Waals surface area contributed by atoms with Crippen molar-refractivity contribution in [1.29, 1.82) is 0 Å². The van der Waals surface area contributed by atoms with Crippen molar-refractivity contribution in [2.45, 2.75) is 32.2 Å². The van der Waals surface area contributed by atoms with Crippen LogP contribution in [-0.2, 0) is 22.3 Å². The van der Waals surface area contributed by atoms with Crippen LogP contribution in [0.4, 0.5) is 0 Å². The molecule has 0 N–H and O–H groups in total. The van der Waals surface area contributed by atoms with Crippen molar-refractivity contribution in [3.05, 3.63) is 35.4 Å². The summed E-state index contributed by atoms with van der Waals surface area (Å²) in [6, 6.07) is 7.77. The SMILES string of the molecule is CC(C)N1Cc2ccccc2CS1(=O)=O. The van der Waals surface area contributed by atoms with Gasteiger partial charge in [-0.05, 0) is 25.0 Å². The van der Waals surface area contributed by atoms with E-state index in [1.807, 2.05) is 38.1 Å². The third-order valence-electron chi connectivity index (χ3n) is 2.72. The van der Waals surface area contributed by atoms with Gasteiger partial charge in [-0.2, -0.15) is 4.31 Å². The topological polar surface area (TPSA) is 37.4 Å². The fourth-order valence-corrected chi connectivity index (χ4v) is 3.72. The van der Waals surface area contributed by atoms with Crippen LogP contribution in [0.2, 0.25) is 0 Å². The van der Waals surface area contributed by atoms with Gasteiger partial charge in [0.25, 0.3) is 0 Å². The summed E-state index contributed by atoms with van der Waals surface area (Å²) in [4.78, 5) is 0. The smallest absolute Gasteiger partial charge is 0.212 e. The van der Waals surface area contributed by atoms with Crippen molar-refractivity contribution in [1.82, 2.24) is 4.31 Å².